The van der Waals surface area contributed by atoms with E-state index < -0.39 is 0 Å². The van der Waals surface area contributed by atoms with E-state index in [1.165, 1.54) is 30.2 Å². The van der Waals surface area contributed by atoms with E-state index >= 15 is 0 Å². The van der Waals surface area contributed by atoms with Crippen LogP contribution in [-0.4, -0.2) is 34.5 Å². The maximum absolute atomic E-state index is 12.6. The maximum atomic E-state index is 12.6. The molecule has 0 aliphatic heterocycles. The molecule has 0 bridgehead atoms. The lowest BCUT2D eigenvalue weighted by atomic mass is 9.78. The summed E-state index contributed by atoms with van der Waals surface area (Å²) in [5, 5.41) is 11.6. The average molecular weight is 452 g/mol. The Bertz CT molecular complexity index is 797. The molecule has 1 saturated carbocycles. The van der Waals surface area contributed by atoms with Gasteiger partial charge in [0.05, 0.1) is 12.4 Å². The highest BCUT2D eigenvalue weighted by molar-refractivity contribution is 8.03. The normalized spacial score (nSPS) is 22.8. The first-order chi connectivity index (χ1) is 14.0. The molecule has 8 heteroatoms. The van der Waals surface area contributed by atoms with Gasteiger partial charge in [0.2, 0.25) is 5.91 Å². The van der Waals surface area contributed by atoms with Crippen molar-refractivity contribution in [3.8, 4) is 5.75 Å². The number of nitrogens with one attached hydrogen (secondary N) is 1. The SMILES string of the molecule is COc1ccc(CSc2nnc(SC(C)C(=O)NC3CCCC(C)C3C)s2)cc1. The minimum atomic E-state index is -0.174. The minimum absolute atomic E-state index is 0.101. The van der Waals surface area contributed by atoms with E-state index in [0.717, 1.165) is 26.6 Å². The Morgan fingerprint density at radius 2 is 1.97 bits per heavy atom. The Kier molecular flexibility index (Phi) is 8.26. The van der Waals surface area contributed by atoms with Gasteiger partial charge in [-0.1, -0.05) is 73.7 Å². The van der Waals surface area contributed by atoms with Gasteiger partial charge in [-0.05, 0) is 42.9 Å². The van der Waals surface area contributed by atoms with Crippen LogP contribution in [0, 0.1) is 11.8 Å². The van der Waals surface area contributed by atoms with Gasteiger partial charge in [0.1, 0.15) is 5.75 Å². The molecule has 3 rings (SSSR count). The zero-order chi connectivity index (χ0) is 20.8. The lowest BCUT2D eigenvalue weighted by molar-refractivity contribution is -0.121. The molecule has 2 aromatic rings. The summed E-state index contributed by atoms with van der Waals surface area (Å²) in [6.07, 6.45) is 3.54. The Hall–Kier alpha value is -1.25. The fourth-order valence-electron chi connectivity index (χ4n) is 3.46. The highest BCUT2D eigenvalue weighted by Gasteiger charge is 2.29. The van der Waals surface area contributed by atoms with Crippen molar-refractivity contribution < 1.29 is 9.53 Å². The summed E-state index contributed by atoms with van der Waals surface area (Å²) in [6.45, 7) is 6.49. The molecule has 158 valence electrons. The fourth-order valence-corrected chi connectivity index (χ4v) is 6.59. The van der Waals surface area contributed by atoms with E-state index in [1.54, 1.807) is 30.2 Å². The lowest BCUT2D eigenvalue weighted by Crippen LogP contribution is -2.46. The van der Waals surface area contributed by atoms with Gasteiger partial charge in [0.15, 0.2) is 8.68 Å². The van der Waals surface area contributed by atoms with Crippen LogP contribution in [0.4, 0.5) is 0 Å². The van der Waals surface area contributed by atoms with Crippen LogP contribution >= 0.6 is 34.9 Å². The molecule has 1 N–H and O–H groups in total. The van der Waals surface area contributed by atoms with Gasteiger partial charge in [-0.3, -0.25) is 4.79 Å². The molecule has 5 nitrogen and oxygen atoms in total. The number of benzene rings is 1. The summed E-state index contributed by atoms with van der Waals surface area (Å²) < 4.78 is 6.95. The number of thioether (sulfide) groups is 2. The van der Waals surface area contributed by atoms with Crippen molar-refractivity contribution in [2.75, 3.05) is 7.11 Å². The zero-order valence-corrected chi connectivity index (χ0v) is 19.8. The predicted octanol–water partition coefficient (Wildman–Crippen LogP) is 5.26. The molecule has 1 aromatic carbocycles. The van der Waals surface area contributed by atoms with Crippen molar-refractivity contribution in [2.45, 2.75) is 65.8 Å². The van der Waals surface area contributed by atoms with E-state index in [-0.39, 0.29) is 11.2 Å². The van der Waals surface area contributed by atoms with Crippen molar-refractivity contribution in [2.24, 2.45) is 11.8 Å². The summed E-state index contributed by atoms with van der Waals surface area (Å²) in [5.74, 6) is 3.00. The van der Waals surface area contributed by atoms with E-state index in [2.05, 4.69) is 41.5 Å². The molecule has 1 aliphatic carbocycles. The summed E-state index contributed by atoms with van der Waals surface area (Å²) in [4.78, 5) is 12.6. The van der Waals surface area contributed by atoms with Crippen molar-refractivity contribution in [3.63, 3.8) is 0 Å². The standard InChI is InChI=1S/C21H29N3O2S3/c1-13-6-5-7-18(14(13)2)22-19(25)15(3)28-21-24-23-20(29-21)27-12-16-8-10-17(26-4)11-9-16/h8-11,13-15,18H,5-7,12H2,1-4H3,(H,22,25). The number of rotatable bonds is 8. The first kappa shape index (κ1) is 22.4. The summed E-state index contributed by atoms with van der Waals surface area (Å²) in [7, 11) is 1.67. The van der Waals surface area contributed by atoms with Crippen molar-refractivity contribution in [1.29, 1.82) is 0 Å². The Labute approximate surface area is 185 Å². The van der Waals surface area contributed by atoms with Gasteiger partial charge in [0.25, 0.3) is 0 Å². The first-order valence-electron chi connectivity index (χ1n) is 10.0. The summed E-state index contributed by atoms with van der Waals surface area (Å²) in [5.41, 5.74) is 1.21. The number of carbonyl (C=O) groups is 1. The molecule has 0 radical (unpaired) electrons. The van der Waals surface area contributed by atoms with Crippen LogP contribution in [-0.2, 0) is 10.5 Å². The van der Waals surface area contributed by atoms with E-state index in [9.17, 15) is 4.79 Å². The summed E-state index contributed by atoms with van der Waals surface area (Å²) in [6, 6.07) is 8.33. The molecular formula is C21H29N3O2S3. The predicted molar refractivity (Wildman–Crippen MR) is 122 cm³/mol. The Morgan fingerprint density at radius 1 is 1.24 bits per heavy atom. The van der Waals surface area contributed by atoms with Crippen molar-refractivity contribution in [3.05, 3.63) is 29.8 Å². The Morgan fingerprint density at radius 3 is 2.69 bits per heavy atom. The maximum Gasteiger partial charge on any atom is 0.233 e. The molecular weight excluding hydrogens is 422 g/mol. The van der Waals surface area contributed by atoms with Crippen LogP contribution in [0.15, 0.2) is 32.9 Å². The lowest BCUT2D eigenvalue weighted by Gasteiger charge is -2.35. The molecule has 1 amide bonds. The third-order valence-corrected chi connectivity index (χ3v) is 8.90. The number of nitrogens with zero attached hydrogens (tertiary/aromatic N) is 2. The highest BCUT2D eigenvalue weighted by Crippen LogP contribution is 2.34. The molecule has 1 aromatic heterocycles. The monoisotopic (exact) mass is 451 g/mol. The van der Waals surface area contributed by atoms with E-state index in [1.807, 2.05) is 19.1 Å². The van der Waals surface area contributed by atoms with Gasteiger partial charge < -0.3 is 10.1 Å². The van der Waals surface area contributed by atoms with E-state index in [0.29, 0.717) is 17.9 Å². The highest BCUT2D eigenvalue weighted by atomic mass is 32.2. The first-order valence-corrected chi connectivity index (χ1v) is 12.7. The molecule has 0 spiro atoms. The van der Waals surface area contributed by atoms with Crippen LogP contribution in [0.2, 0.25) is 0 Å². The molecule has 1 heterocycles. The van der Waals surface area contributed by atoms with Gasteiger partial charge in [0, 0.05) is 11.8 Å². The van der Waals surface area contributed by atoms with Crippen LogP contribution in [0.5, 0.6) is 5.75 Å². The third kappa shape index (κ3) is 6.36. The van der Waals surface area contributed by atoms with Crippen LogP contribution in [0.25, 0.3) is 0 Å². The molecule has 4 unspecified atom stereocenters. The number of ether oxygens (including phenoxy) is 1. The largest absolute Gasteiger partial charge is 0.497 e. The zero-order valence-electron chi connectivity index (χ0n) is 17.4. The second-order valence-corrected chi connectivity index (χ2v) is 11.4. The van der Waals surface area contributed by atoms with Crippen LogP contribution < -0.4 is 10.1 Å². The third-order valence-electron chi connectivity index (χ3n) is 5.59. The fraction of sp³-hybridized carbons (Fsp3) is 0.571. The number of hydrogen-bond donors (Lipinski definition) is 1. The van der Waals surface area contributed by atoms with Gasteiger partial charge in [-0.15, -0.1) is 10.2 Å². The summed E-state index contributed by atoms with van der Waals surface area (Å²) >= 11 is 4.71. The number of amides is 1. The molecule has 1 fully saturated rings. The number of hydrogen-bond acceptors (Lipinski definition) is 7. The number of carbonyl (C=O) groups excluding carboxylic acids is 1. The average Bonchev–Trinajstić information content (AvgIpc) is 3.17. The molecule has 0 saturated heterocycles. The van der Waals surface area contributed by atoms with Crippen LogP contribution in [0.1, 0.15) is 45.6 Å². The van der Waals surface area contributed by atoms with Crippen LogP contribution in [0.3, 0.4) is 0 Å². The topological polar surface area (TPSA) is 64.1 Å². The molecule has 4 atom stereocenters. The molecule has 29 heavy (non-hydrogen) atoms. The molecule has 1 aliphatic rings. The van der Waals surface area contributed by atoms with Crippen molar-refractivity contribution >= 4 is 40.8 Å². The van der Waals surface area contributed by atoms with E-state index in [4.69, 9.17) is 4.74 Å². The quantitative estimate of drug-likeness (QED) is 0.552. The minimum Gasteiger partial charge on any atom is -0.497 e. The Balaban J connectivity index is 1.47. The smallest absolute Gasteiger partial charge is 0.233 e. The van der Waals surface area contributed by atoms with Gasteiger partial charge >= 0.3 is 0 Å². The number of methoxy groups -OCH3 is 1. The van der Waals surface area contributed by atoms with Gasteiger partial charge in [-0.2, -0.15) is 0 Å². The van der Waals surface area contributed by atoms with Gasteiger partial charge in [-0.25, -0.2) is 0 Å². The van der Waals surface area contributed by atoms with Crippen molar-refractivity contribution in [1.82, 2.24) is 15.5 Å². The second kappa shape index (κ2) is 10.7. The number of aromatic nitrogens is 2. The second-order valence-electron chi connectivity index (χ2n) is 7.61.